The molecule has 122 valence electrons. The molecule has 0 spiro atoms. The van der Waals surface area contributed by atoms with Crippen LogP contribution in [0.2, 0.25) is 0 Å². The average molecular weight is 325 g/mol. The summed E-state index contributed by atoms with van der Waals surface area (Å²) in [6.07, 6.45) is 0.254. The summed E-state index contributed by atoms with van der Waals surface area (Å²) in [6.45, 7) is 5.47. The van der Waals surface area contributed by atoms with Gasteiger partial charge < -0.3 is 15.2 Å². The van der Waals surface area contributed by atoms with E-state index in [1.165, 1.54) is 25.2 Å². The van der Waals surface area contributed by atoms with Crippen molar-refractivity contribution < 1.29 is 19.4 Å². The Hall–Kier alpha value is -1.53. The van der Waals surface area contributed by atoms with Crippen LogP contribution in [-0.4, -0.2) is 42.0 Å². The molecule has 2 N–H and O–H groups in total. The van der Waals surface area contributed by atoms with Crippen molar-refractivity contribution in [1.82, 2.24) is 5.32 Å². The van der Waals surface area contributed by atoms with Crippen LogP contribution in [0.15, 0.2) is 23.1 Å². The minimum absolute atomic E-state index is 0.0711. The first-order valence-corrected chi connectivity index (χ1v) is 8.00. The quantitative estimate of drug-likeness (QED) is 0.718. The highest BCUT2D eigenvalue weighted by Crippen LogP contribution is 2.21. The second-order valence-electron chi connectivity index (χ2n) is 5.46. The molecule has 1 aromatic rings. The number of rotatable bonds is 8. The van der Waals surface area contributed by atoms with Crippen molar-refractivity contribution in [3.05, 3.63) is 29.3 Å². The van der Waals surface area contributed by atoms with Crippen molar-refractivity contribution in [3.8, 4) is 0 Å². The summed E-state index contributed by atoms with van der Waals surface area (Å²) in [5, 5.41) is 11.7. The summed E-state index contributed by atoms with van der Waals surface area (Å²) < 4.78 is 4.87. The largest absolute Gasteiger partial charge is 0.479 e. The van der Waals surface area contributed by atoms with Crippen molar-refractivity contribution in [2.45, 2.75) is 37.6 Å². The van der Waals surface area contributed by atoms with Crippen LogP contribution in [0.4, 0.5) is 0 Å². The number of hydrogen-bond donors (Lipinski definition) is 2. The van der Waals surface area contributed by atoms with Gasteiger partial charge in [-0.15, -0.1) is 11.8 Å². The molecule has 1 unspecified atom stereocenters. The van der Waals surface area contributed by atoms with Crippen LogP contribution >= 0.6 is 11.8 Å². The molecule has 0 aliphatic rings. The van der Waals surface area contributed by atoms with Crippen molar-refractivity contribution in [1.29, 1.82) is 0 Å². The van der Waals surface area contributed by atoms with Crippen LogP contribution < -0.4 is 5.32 Å². The van der Waals surface area contributed by atoms with Crippen LogP contribution in [0.25, 0.3) is 0 Å². The summed E-state index contributed by atoms with van der Waals surface area (Å²) >= 11 is 1.58. The third-order valence-electron chi connectivity index (χ3n) is 3.40. The van der Waals surface area contributed by atoms with Gasteiger partial charge >= 0.3 is 5.97 Å². The molecule has 0 aromatic heterocycles. The number of hydrogen-bond acceptors (Lipinski definition) is 4. The lowest BCUT2D eigenvalue weighted by atomic mass is 10.0. The molecular formula is C16H23NO4S. The molecule has 0 bridgehead atoms. The number of benzene rings is 1. The van der Waals surface area contributed by atoms with E-state index in [1.54, 1.807) is 11.8 Å². The minimum atomic E-state index is -1.39. The number of ether oxygens (including phenoxy) is 1. The molecule has 1 rings (SSSR count). The average Bonchev–Trinajstić information content (AvgIpc) is 2.42. The summed E-state index contributed by atoms with van der Waals surface area (Å²) in [7, 11) is 1.41. The molecule has 0 heterocycles. The Morgan fingerprint density at radius 2 is 2.00 bits per heavy atom. The van der Waals surface area contributed by atoms with E-state index < -0.39 is 11.5 Å². The first-order valence-electron chi connectivity index (χ1n) is 7.02. The summed E-state index contributed by atoms with van der Waals surface area (Å²) in [6, 6.07) is 6.17. The predicted octanol–water partition coefficient (Wildman–Crippen LogP) is 2.39. The number of carboxylic acids is 1. The monoisotopic (exact) mass is 325 g/mol. The molecule has 1 aromatic carbocycles. The third-order valence-corrected chi connectivity index (χ3v) is 4.39. The van der Waals surface area contributed by atoms with Crippen molar-refractivity contribution in [2.75, 3.05) is 19.5 Å². The highest BCUT2D eigenvalue weighted by Gasteiger charge is 2.34. The van der Waals surface area contributed by atoms with Crippen molar-refractivity contribution in [2.24, 2.45) is 0 Å². The van der Waals surface area contributed by atoms with Gasteiger partial charge in [-0.2, -0.15) is 0 Å². The number of aryl methyl sites for hydroxylation is 2. The first kappa shape index (κ1) is 18.5. The fraction of sp³-hybridized carbons (Fsp3) is 0.500. The molecule has 22 heavy (non-hydrogen) atoms. The maximum Gasteiger partial charge on any atom is 0.331 e. The maximum atomic E-state index is 11.9. The molecule has 0 fully saturated rings. The summed E-state index contributed by atoms with van der Waals surface area (Å²) in [5.74, 6) is -0.806. The van der Waals surface area contributed by atoms with E-state index in [-0.39, 0.29) is 18.9 Å². The molecule has 0 aliphatic carbocycles. The Balaban J connectivity index is 2.48. The smallest absolute Gasteiger partial charge is 0.331 e. The highest BCUT2D eigenvalue weighted by molar-refractivity contribution is 7.99. The molecule has 5 nitrogen and oxygen atoms in total. The van der Waals surface area contributed by atoms with E-state index >= 15 is 0 Å². The number of amides is 1. The normalized spacial score (nSPS) is 13.5. The Labute approximate surface area is 135 Å². The zero-order valence-corrected chi connectivity index (χ0v) is 14.3. The van der Waals surface area contributed by atoms with Crippen LogP contribution in [0.1, 0.15) is 24.5 Å². The fourth-order valence-corrected chi connectivity index (χ4v) is 2.82. The van der Waals surface area contributed by atoms with Gasteiger partial charge in [0.25, 0.3) is 0 Å². The van der Waals surface area contributed by atoms with Gasteiger partial charge in [0.05, 0.1) is 6.61 Å². The van der Waals surface area contributed by atoms with Crippen LogP contribution in [0.5, 0.6) is 0 Å². The molecule has 0 aliphatic heterocycles. The van der Waals surface area contributed by atoms with E-state index in [9.17, 15) is 14.7 Å². The van der Waals surface area contributed by atoms with Gasteiger partial charge in [0.15, 0.2) is 5.54 Å². The second-order valence-corrected chi connectivity index (χ2v) is 6.63. The number of carbonyl (C=O) groups excluding carboxylic acids is 1. The van der Waals surface area contributed by atoms with Gasteiger partial charge in [-0.05, 0) is 44.0 Å². The zero-order chi connectivity index (χ0) is 16.8. The number of nitrogens with one attached hydrogen (secondary N) is 1. The molecule has 0 saturated carbocycles. The molecular weight excluding hydrogens is 302 g/mol. The number of methoxy groups -OCH3 is 1. The standard InChI is InChI=1S/C16H23NO4S/c1-11-5-6-13(9-12(11)2)22-8-7-14(18)17-16(3,10-21-4)15(19)20/h5-6,9H,7-8,10H2,1-4H3,(H,17,18)(H,19,20). The third kappa shape index (κ3) is 5.35. The van der Waals surface area contributed by atoms with Gasteiger partial charge in [-0.1, -0.05) is 6.07 Å². The van der Waals surface area contributed by atoms with E-state index in [1.807, 2.05) is 6.07 Å². The van der Waals surface area contributed by atoms with Gasteiger partial charge in [0.2, 0.25) is 5.91 Å². The lowest BCUT2D eigenvalue weighted by Crippen LogP contribution is -2.55. The Morgan fingerprint density at radius 1 is 1.32 bits per heavy atom. The lowest BCUT2D eigenvalue weighted by molar-refractivity contribution is -0.149. The van der Waals surface area contributed by atoms with Gasteiger partial charge in [-0.25, -0.2) is 4.79 Å². The first-order chi connectivity index (χ1) is 10.3. The van der Waals surface area contributed by atoms with Gasteiger partial charge in [0.1, 0.15) is 0 Å². The van der Waals surface area contributed by atoms with Crippen LogP contribution in [0, 0.1) is 13.8 Å². The summed E-state index contributed by atoms with van der Waals surface area (Å²) in [4.78, 5) is 24.2. The SMILES string of the molecule is COCC(C)(NC(=O)CCSc1ccc(C)c(C)c1)C(=O)O. The van der Waals surface area contributed by atoms with E-state index in [4.69, 9.17) is 4.74 Å². The Bertz CT molecular complexity index is 547. The molecule has 1 amide bonds. The van der Waals surface area contributed by atoms with Gasteiger partial charge in [-0.3, -0.25) is 4.79 Å². The Morgan fingerprint density at radius 3 is 2.55 bits per heavy atom. The van der Waals surface area contributed by atoms with Crippen LogP contribution in [0.3, 0.4) is 0 Å². The number of aliphatic carboxylic acids is 1. The van der Waals surface area contributed by atoms with E-state index in [2.05, 4.69) is 31.3 Å². The Kier molecular flexibility index (Phi) is 6.90. The lowest BCUT2D eigenvalue weighted by Gasteiger charge is -2.25. The number of carboxylic acid groups (broad SMARTS) is 1. The molecule has 1 atom stereocenters. The molecule has 6 heteroatoms. The maximum absolute atomic E-state index is 11.9. The minimum Gasteiger partial charge on any atom is -0.479 e. The topological polar surface area (TPSA) is 75.6 Å². The van der Waals surface area contributed by atoms with Crippen LogP contribution in [-0.2, 0) is 14.3 Å². The van der Waals surface area contributed by atoms with Crippen molar-refractivity contribution >= 4 is 23.6 Å². The number of thioether (sulfide) groups is 1. The summed E-state index contributed by atoms with van der Waals surface area (Å²) in [5.41, 5.74) is 1.06. The fourth-order valence-electron chi connectivity index (χ4n) is 1.88. The molecule has 0 radical (unpaired) electrons. The van der Waals surface area contributed by atoms with E-state index in [0.29, 0.717) is 5.75 Å². The second kappa shape index (κ2) is 8.19. The molecule has 0 saturated heterocycles. The number of carbonyl (C=O) groups is 2. The van der Waals surface area contributed by atoms with Crippen molar-refractivity contribution in [3.63, 3.8) is 0 Å². The van der Waals surface area contributed by atoms with E-state index in [0.717, 1.165) is 4.90 Å². The predicted molar refractivity (Wildman–Crippen MR) is 87.3 cm³/mol. The zero-order valence-electron chi connectivity index (χ0n) is 13.4. The highest BCUT2D eigenvalue weighted by atomic mass is 32.2. The van der Waals surface area contributed by atoms with Gasteiger partial charge in [0, 0.05) is 24.2 Å².